The molecule has 0 spiro atoms. The van der Waals surface area contributed by atoms with Crippen molar-refractivity contribution < 1.29 is 28.5 Å². The number of methoxy groups -OCH3 is 3. The number of amides is 1. The monoisotopic (exact) mass is 402 g/mol. The van der Waals surface area contributed by atoms with Gasteiger partial charge in [-0.15, -0.1) is 0 Å². The molecule has 1 aromatic heterocycles. The second-order valence-electron chi connectivity index (χ2n) is 6.20. The van der Waals surface area contributed by atoms with Crippen LogP contribution < -0.4 is 19.5 Å². The van der Waals surface area contributed by atoms with Crippen LogP contribution in [-0.4, -0.2) is 44.8 Å². The van der Waals surface area contributed by atoms with Gasteiger partial charge in [0.1, 0.15) is 5.69 Å². The number of aromatic nitrogens is 1. The molecule has 1 N–H and O–H groups in total. The lowest BCUT2D eigenvalue weighted by molar-refractivity contribution is 0.0524. The van der Waals surface area contributed by atoms with Crippen molar-refractivity contribution in [3.05, 3.63) is 46.8 Å². The predicted octanol–water partition coefficient (Wildman–Crippen LogP) is 3.08. The molecule has 0 fully saturated rings. The van der Waals surface area contributed by atoms with Gasteiger partial charge in [-0.3, -0.25) is 4.79 Å². The molecule has 1 amide bonds. The molecule has 0 aliphatic rings. The first-order chi connectivity index (χ1) is 13.9. The van der Waals surface area contributed by atoms with E-state index in [1.165, 1.54) is 27.4 Å². The Morgan fingerprint density at radius 1 is 1.07 bits per heavy atom. The van der Waals surface area contributed by atoms with Crippen molar-refractivity contribution in [1.82, 2.24) is 10.3 Å². The highest BCUT2D eigenvalue weighted by atomic mass is 16.5. The molecule has 1 aromatic carbocycles. The second kappa shape index (κ2) is 9.77. The molecule has 0 saturated heterocycles. The largest absolute Gasteiger partial charge is 0.493 e. The molecule has 0 aliphatic carbocycles. The topological polar surface area (TPSA) is 96.0 Å². The molecule has 0 radical (unpaired) electrons. The van der Waals surface area contributed by atoms with Gasteiger partial charge in [0.15, 0.2) is 11.5 Å². The quantitative estimate of drug-likeness (QED) is 0.678. The predicted molar refractivity (Wildman–Crippen MR) is 107 cm³/mol. The molecule has 0 aliphatic heterocycles. The summed E-state index contributed by atoms with van der Waals surface area (Å²) in [6.45, 7) is 5.49. The Hall–Kier alpha value is -3.29. The van der Waals surface area contributed by atoms with Gasteiger partial charge in [-0.2, -0.15) is 0 Å². The Bertz CT molecular complexity index is 872. The lowest BCUT2D eigenvalue weighted by atomic mass is 10.1. The van der Waals surface area contributed by atoms with E-state index in [2.05, 4.69) is 10.3 Å². The maximum atomic E-state index is 12.6. The highest BCUT2D eigenvalue weighted by Crippen LogP contribution is 2.39. The molecular formula is C21H26N2O6. The van der Waals surface area contributed by atoms with E-state index in [1.54, 1.807) is 32.0 Å². The number of nitrogens with one attached hydrogen (secondary N) is 1. The zero-order valence-electron chi connectivity index (χ0n) is 17.5. The number of carbonyl (C=O) groups is 2. The Labute approximate surface area is 170 Å². The average Bonchev–Trinajstić information content (AvgIpc) is 2.72. The molecule has 2 aromatic rings. The maximum Gasteiger partial charge on any atom is 0.339 e. The zero-order valence-corrected chi connectivity index (χ0v) is 17.5. The van der Waals surface area contributed by atoms with Gasteiger partial charge < -0.3 is 24.3 Å². The number of esters is 1. The summed E-state index contributed by atoms with van der Waals surface area (Å²) in [5, 5.41) is 2.88. The highest BCUT2D eigenvalue weighted by molar-refractivity contribution is 5.95. The number of hydrogen-bond donors (Lipinski definition) is 1. The van der Waals surface area contributed by atoms with E-state index < -0.39 is 5.97 Å². The number of rotatable bonds is 8. The fraction of sp³-hybridized carbons (Fsp3) is 0.381. The SMILES string of the molecule is CCOC(=O)c1ccc(C(=O)NC(C)c2cc(OC)c(OC)c(OC)c2)nc1C. The molecule has 8 nitrogen and oxygen atoms in total. The van der Waals surface area contributed by atoms with Gasteiger partial charge >= 0.3 is 5.97 Å². The summed E-state index contributed by atoms with van der Waals surface area (Å²) in [6.07, 6.45) is 0. The number of pyridine rings is 1. The van der Waals surface area contributed by atoms with E-state index in [0.717, 1.165) is 5.56 Å². The lowest BCUT2D eigenvalue weighted by Gasteiger charge is -2.19. The van der Waals surface area contributed by atoms with E-state index in [1.807, 2.05) is 6.92 Å². The fourth-order valence-electron chi connectivity index (χ4n) is 2.82. The summed E-state index contributed by atoms with van der Waals surface area (Å²) in [5.74, 6) is 0.635. The van der Waals surface area contributed by atoms with Crippen LogP contribution in [0.5, 0.6) is 17.2 Å². The second-order valence-corrected chi connectivity index (χ2v) is 6.20. The summed E-state index contributed by atoms with van der Waals surface area (Å²) >= 11 is 0. The number of aryl methyl sites for hydroxylation is 1. The Morgan fingerprint density at radius 3 is 2.17 bits per heavy atom. The van der Waals surface area contributed by atoms with Crippen molar-refractivity contribution in [2.24, 2.45) is 0 Å². The lowest BCUT2D eigenvalue weighted by Crippen LogP contribution is -2.28. The third-order valence-electron chi connectivity index (χ3n) is 4.35. The first-order valence-electron chi connectivity index (χ1n) is 9.11. The molecule has 1 atom stereocenters. The van der Waals surface area contributed by atoms with Crippen molar-refractivity contribution in [3.63, 3.8) is 0 Å². The van der Waals surface area contributed by atoms with Crippen LogP contribution in [0.1, 0.15) is 52.0 Å². The van der Waals surface area contributed by atoms with Crippen LogP contribution in [0.2, 0.25) is 0 Å². The summed E-state index contributed by atoms with van der Waals surface area (Å²) in [6, 6.07) is 6.22. The fourth-order valence-corrected chi connectivity index (χ4v) is 2.82. The summed E-state index contributed by atoms with van der Waals surface area (Å²) in [4.78, 5) is 28.8. The molecule has 2 rings (SSSR count). The van der Waals surface area contributed by atoms with Crippen LogP contribution in [0, 0.1) is 6.92 Å². The van der Waals surface area contributed by atoms with Gasteiger partial charge in [-0.05, 0) is 50.6 Å². The van der Waals surface area contributed by atoms with Crippen LogP contribution in [0.3, 0.4) is 0 Å². The zero-order chi connectivity index (χ0) is 21.6. The molecule has 1 unspecified atom stereocenters. The van der Waals surface area contributed by atoms with E-state index in [0.29, 0.717) is 28.5 Å². The van der Waals surface area contributed by atoms with Crippen LogP contribution in [0.25, 0.3) is 0 Å². The summed E-state index contributed by atoms with van der Waals surface area (Å²) in [7, 11) is 4.59. The minimum absolute atomic E-state index is 0.204. The number of carbonyl (C=O) groups excluding carboxylic acids is 2. The van der Waals surface area contributed by atoms with Crippen molar-refractivity contribution in [2.45, 2.75) is 26.8 Å². The molecule has 8 heteroatoms. The minimum Gasteiger partial charge on any atom is -0.493 e. The standard InChI is InChI=1S/C21H26N2O6/c1-7-29-21(25)15-8-9-16(22-13(15)3)20(24)23-12(2)14-10-17(26-4)19(28-6)18(11-14)27-5/h8-12H,7H2,1-6H3,(H,23,24). The first kappa shape index (κ1) is 22.0. The Morgan fingerprint density at radius 2 is 1.69 bits per heavy atom. The highest BCUT2D eigenvalue weighted by Gasteiger charge is 2.20. The molecular weight excluding hydrogens is 376 g/mol. The van der Waals surface area contributed by atoms with Crippen LogP contribution in [0.4, 0.5) is 0 Å². The molecule has 29 heavy (non-hydrogen) atoms. The summed E-state index contributed by atoms with van der Waals surface area (Å²) in [5.41, 5.74) is 1.74. The van der Waals surface area contributed by atoms with Crippen molar-refractivity contribution >= 4 is 11.9 Å². The average molecular weight is 402 g/mol. The Balaban J connectivity index is 2.23. The molecule has 0 bridgehead atoms. The molecule has 0 saturated carbocycles. The van der Waals surface area contributed by atoms with Gasteiger partial charge in [0, 0.05) is 0 Å². The van der Waals surface area contributed by atoms with Gasteiger partial charge in [-0.1, -0.05) is 0 Å². The molecule has 1 heterocycles. The maximum absolute atomic E-state index is 12.6. The van der Waals surface area contributed by atoms with Crippen molar-refractivity contribution in [3.8, 4) is 17.2 Å². The summed E-state index contributed by atoms with van der Waals surface area (Å²) < 4.78 is 21.0. The van der Waals surface area contributed by atoms with Crippen molar-refractivity contribution in [1.29, 1.82) is 0 Å². The van der Waals surface area contributed by atoms with Crippen LogP contribution >= 0.6 is 0 Å². The van der Waals surface area contributed by atoms with E-state index in [4.69, 9.17) is 18.9 Å². The smallest absolute Gasteiger partial charge is 0.339 e. The van der Waals surface area contributed by atoms with E-state index in [-0.39, 0.29) is 24.2 Å². The first-order valence-corrected chi connectivity index (χ1v) is 9.11. The normalized spacial score (nSPS) is 11.4. The third-order valence-corrected chi connectivity index (χ3v) is 4.35. The Kier molecular flexibility index (Phi) is 7.41. The van der Waals surface area contributed by atoms with Crippen LogP contribution in [0.15, 0.2) is 24.3 Å². The van der Waals surface area contributed by atoms with Gasteiger partial charge in [-0.25, -0.2) is 9.78 Å². The van der Waals surface area contributed by atoms with Crippen LogP contribution in [-0.2, 0) is 4.74 Å². The number of benzene rings is 1. The van der Waals surface area contributed by atoms with E-state index in [9.17, 15) is 9.59 Å². The van der Waals surface area contributed by atoms with E-state index >= 15 is 0 Å². The van der Waals surface area contributed by atoms with Gasteiger partial charge in [0.05, 0.1) is 45.2 Å². The van der Waals surface area contributed by atoms with Crippen molar-refractivity contribution in [2.75, 3.05) is 27.9 Å². The third kappa shape index (κ3) is 4.96. The molecule has 156 valence electrons. The number of nitrogens with zero attached hydrogens (tertiary/aromatic N) is 1. The minimum atomic E-state index is -0.463. The van der Waals surface area contributed by atoms with Gasteiger partial charge in [0.2, 0.25) is 5.75 Å². The number of ether oxygens (including phenoxy) is 4. The van der Waals surface area contributed by atoms with Gasteiger partial charge in [0.25, 0.3) is 5.91 Å². The number of hydrogen-bond acceptors (Lipinski definition) is 7.